The zero-order valence-corrected chi connectivity index (χ0v) is 22.3. The molecule has 2 saturated heterocycles. The van der Waals surface area contributed by atoms with Gasteiger partial charge in [0, 0.05) is 36.3 Å². The number of rotatable bonds is 11. The molecule has 198 valence electrons. The minimum absolute atomic E-state index is 0.840. The fourth-order valence-corrected chi connectivity index (χ4v) is 5.87. The molecule has 2 fully saturated rings. The number of pyridine rings is 1. The van der Waals surface area contributed by atoms with Gasteiger partial charge in [-0.05, 0) is 113 Å². The number of aromatic nitrogens is 1. The SMILES string of the molecule is COc1ccc(-c2cc(NCCCN(CC3CCNCC3)CC3CCNCC3)c3ccccc3n2)cc1. The molecule has 3 aromatic rings. The molecular weight excluding hydrogens is 458 g/mol. The Labute approximate surface area is 222 Å². The molecule has 2 aromatic carbocycles. The second-order valence-electron chi connectivity index (χ2n) is 10.7. The second kappa shape index (κ2) is 13.2. The van der Waals surface area contributed by atoms with E-state index in [0.29, 0.717) is 0 Å². The van der Waals surface area contributed by atoms with Crippen LogP contribution in [0.15, 0.2) is 54.6 Å². The number of methoxy groups -OCH3 is 1. The maximum atomic E-state index is 5.34. The minimum Gasteiger partial charge on any atom is -0.497 e. The Balaban J connectivity index is 1.24. The highest BCUT2D eigenvalue weighted by Crippen LogP contribution is 2.29. The fraction of sp³-hybridized carbons (Fsp3) is 0.516. The van der Waals surface area contributed by atoms with Gasteiger partial charge in [0.2, 0.25) is 0 Å². The summed E-state index contributed by atoms with van der Waals surface area (Å²) in [7, 11) is 1.70. The normalized spacial score (nSPS) is 17.4. The first-order chi connectivity index (χ1) is 18.3. The number of piperidine rings is 2. The van der Waals surface area contributed by atoms with Crippen molar-refractivity contribution < 1.29 is 4.74 Å². The Hall–Kier alpha value is -2.67. The number of nitrogens with one attached hydrogen (secondary N) is 3. The zero-order valence-electron chi connectivity index (χ0n) is 22.3. The highest BCUT2D eigenvalue weighted by Gasteiger charge is 2.21. The summed E-state index contributed by atoms with van der Waals surface area (Å²) >= 11 is 0. The first-order valence-electron chi connectivity index (χ1n) is 14.2. The van der Waals surface area contributed by atoms with E-state index in [1.807, 2.05) is 12.1 Å². The third-order valence-corrected chi connectivity index (χ3v) is 8.02. The molecule has 0 radical (unpaired) electrons. The van der Waals surface area contributed by atoms with Crippen LogP contribution in [-0.4, -0.2) is 69.4 Å². The summed E-state index contributed by atoms with van der Waals surface area (Å²) in [5.41, 5.74) is 4.28. The number of para-hydroxylation sites is 1. The van der Waals surface area contributed by atoms with Crippen LogP contribution in [0.2, 0.25) is 0 Å². The molecular formula is C31H43N5O. The first-order valence-corrected chi connectivity index (χ1v) is 14.2. The lowest BCUT2D eigenvalue weighted by Gasteiger charge is -2.34. The van der Waals surface area contributed by atoms with Crippen molar-refractivity contribution in [1.82, 2.24) is 20.5 Å². The molecule has 3 N–H and O–H groups in total. The maximum Gasteiger partial charge on any atom is 0.118 e. The molecule has 0 saturated carbocycles. The highest BCUT2D eigenvalue weighted by atomic mass is 16.5. The van der Waals surface area contributed by atoms with Gasteiger partial charge in [0.25, 0.3) is 0 Å². The highest BCUT2D eigenvalue weighted by molar-refractivity contribution is 5.93. The molecule has 0 spiro atoms. The molecule has 2 aliphatic heterocycles. The largest absolute Gasteiger partial charge is 0.497 e. The average molecular weight is 502 g/mol. The monoisotopic (exact) mass is 501 g/mol. The van der Waals surface area contributed by atoms with Crippen LogP contribution in [0.1, 0.15) is 32.1 Å². The first kappa shape index (κ1) is 26.0. The van der Waals surface area contributed by atoms with Crippen molar-refractivity contribution >= 4 is 16.6 Å². The molecule has 1 aromatic heterocycles. The lowest BCUT2D eigenvalue weighted by Crippen LogP contribution is -2.41. The molecule has 37 heavy (non-hydrogen) atoms. The van der Waals surface area contributed by atoms with Crippen molar-refractivity contribution in [3.63, 3.8) is 0 Å². The number of benzene rings is 2. The van der Waals surface area contributed by atoms with Gasteiger partial charge in [-0.25, -0.2) is 4.98 Å². The van der Waals surface area contributed by atoms with Crippen LogP contribution in [0, 0.1) is 11.8 Å². The van der Waals surface area contributed by atoms with Crippen LogP contribution in [0.25, 0.3) is 22.2 Å². The van der Waals surface area contributed by atoms with Gasteiger partial charge >= 0.3 is 0 Å². The minimum atomic E-state index is 0.840. The molecule has 5 rings (SSSR count). The van der Waals surface area contributed by atoms with Gasteiger partial charge in [0.05, 0.1) is 18.3 Å². The van der Waals surface area contributed by atoms with Crippen molar-refractivity contribution in [2.24, 2.45) is 11.8 Å². The van der Waals surface area contributed by atoms with E-state index < -0.39 is 0 Å². The van der Waals surface area contributed by atoms with Crippen LogP contribution in [0.5, 0.6) is 5.75 Å². The summed E-state index contributed by atoms with van der Waals surface area (Å²) < 4.78 is 5.34. The number of hydrogen-bond donors (Lipinski definition) is 3. The van der Waals surface area contributed by atoms with Gasteiger partial charge in [-0.15, -0.1) is 0 Å². The number of nitrogens with zero attached hydrogens (tertiary/aromatic N) is 2. The average Bonchev–Trinajstić information content (AvgIpc) is 2.96. The van der Waals surface area contributed by atoms with E-state index in [0.717, 1.165) is 53.9 Å². The number of hydrogen-bond acceptors (Lipinski definition) is 6. The van der Waals surface area contributed by atoms with E-state index in [9.17, 15) is 0 Å². The number of ether oxygens (including phenoxy) is 1. The standard InChI is InChI=1S/C31H43N5O/c1-37-27-9-7-26(8-10-27)30-21-31(28-5-2-3-6-29(28)35-30)34-15-4-20-36(22-24-11-16-32-17-12-24)23-25-13-18-33-19-14-25/h2-3,5-10,21,24-25,32-33H,4,11-20,22-23H2,1H3,(H,34,35). The van der Waals surface area contributed by atoms with Crippen LogP contribution in [0.3, 0.4) is 0 Å². The van der Waals surface area contributed by atoms with Crippen LogP contribution >= 0.6 is 0 Å². The molecule has 0 bridgehead atoms. The molecule has 0 unspecified atom stereocenters. The second-order valence-corrected chi connectivity index (χ2v) is 10.7. The quantitative estimate of drug-likeness (QED) is 0.321. The molecule has 0 atom stereocenters. The predicted molar refractivity (Wildman–Crippen MR) is 154 cm³/mol. The topological polar surface area (TPSA) is 61.5 Å². The molecule has 0 amide bonds. The van der Waals surface area contributed by atoms with Gasteiger partial charge in [-0.3, -0.25) is 0 Å². The molecule has 6 heteroatoms. The van der Waals surface area contributed by atoms with E-state index in [-0.39, 0.29) is 0 Å². The van der Waals surface area contributed by atoms with Crippen LogP contribution in [0.4, 0.5) is 5.69 Å². The Morgan fingerprint density at radius 1 is 0.892 bits per heavy atom. The summed E-state index contributed by atoms with van der Waals surface area (Å²) in [5.74, 6) is 2.54. The molecule has 0 aliphatic carbocycles. The van der Waals surface area contributed by atoms with Crippen molar-refractivity contribution in [1.29, 1.82) is 0 Å². The van der Waals surface area contributed by atoms with E-state index in [2.05, 4.69) is 63.3 Å². The maximum absolute atomic E-state index is 5.34. The lowest BCUT2D eigenvalue weighted by molar-refractivity contribution is 0.165. The van der Waals surface area contributed by atoms with Crippen molar-refractivity contribution in [2.45, 2.75) is 32.1 Å². The van der Waals surface area contributed by atoms with Gasteiger partial charge in [-0.1, -0.05) is 18.2 Å². The Morgan fingerprint density at radius 3 is 2.19 bits per heavy atom. The van der Waals surface area contributed by atoms with Crippen molar-refractivity contribution in [3.05, 3.63) is 54.6 Å². The van der Waals surface area contributed by atoms with Crippen molar-refractivity contribution in [2.75, 3.05) is 64.8 Å². The third kappa shape index (κ3) is 7.22. The summed E-state index contributed by atoms with van der Waals surface area (Å²) in [6.07, 6.45) is 6.41. The van der Waals surface area contributed by atoms with E-state index in [4.69, 9.17) is 9.72 Å². The van der Waals surface area contributed by atoms with E-state index >= 15 is 0 Å². The van der Waals surface area contributed by atoms with Gasteiger partial charge in [0.1, 0.15) is 5.75 Å². The Bertz CT molecular complexity index is 1090. The van der Waals surface area contributed by atoms with Gasteiger partial charge in [-0.2, -0.15) is 0 Å². The molecule has 3 heterocycles. The molecule has 6 nitrogen and oxygen atoms in total. The van der Waals surface area contributed by atoms with E-state index in [1.54, 1.807) is 7.11 Å². The summed E-state index contributed by atoms with van der Waals surface area (Å²) in [6.45, 7) is 9.35. The smallest absolute Gasteiger partial charge is 0.118 e. The van der Waals surface area contributed by atoms with Gasteiger partial charge in [0.15, 0.2) is 0 Å². The summed E-state index contributed by atoms with van der Waals surface area (Å²) in [6, 6.07) is 18.8. The molecule has 2 aliphatic rings. The summed E-state index contributed by atoms with van der Waals surface area (Å²) in [4.78, 5) is 7.73. The Morgan fingerprint density at radius 2 is 1.54 bits per heavy atom. The lowest BCUT2D eigenvalue weighted by atomic mass is 9.94. The number of fused-ring (bicyclic) bond motifs is 1. The van der Waals surface area contributed by atoms with E-state index in [1.165, 1.54) is 76.0 Å². The fourth-order valence-electron chi connectivity index (χ4n) is 5.87. The zero-order chi connectivity index (χ0) is 25.3. The van der Waals surface area contributed by atoms with Crippen LogP contribution < -0.4 is 20.7 Å². The summed E-state index contributed by atoms with van der Waals surface area (Å²) in [5, 5.41) is 12.0. The van der Waals surface area contributed by atoms with Crippen LogP contribution in [-0.2, 0) is 0 Å². The third-order valence-electron chi connectivity index (χ3n) is 8.02. The number of anilines is 1. The van der Waals surface area contributed by atoms with Crippen molar-refractivity contribution in [3.8, 4) is 17.0 Å². The Kier molecular flexibility index (Phi) is 9.28. The van der Waals surface area contributed by atoms with Gasteiger partial charge < -0.3 is 25.6 Å². The predicted octanol–water partition coefficient (Wildman–Crippen LogP) is 5.01.